The molecule has 1 aromatic rings. The summed E-state index contributed by atoms with van der Waals surface area (Å²) in [5.74, 6) is 0.0463. The minimum atomic E-state index is -0.996. The molecule has 1 N–H and O–H groups in total. The second-order valence-corrected chi connectivity index (χ2v) is 4.25. The third-order valence-electron chi connectivity index (χ3n) is 1.54. The van der Waals surface area contributed by atoms with E-state index in [1.165, 1.54) is 0 Å². The predicted octanol–water partition coefficient (Wildman–Crippen LogP) is 0.0763. The molecule has 1 aromatic heterocycles. The van der Waals surface area contributed by atoms with E-state index in [4.69, 9.17) is 0 Å². The molecule has 1 amide bonds. The number of aromatic nitrogens is 1. The zero-order chi connectivity index (χ0) is 10.4. The van der Waals surface area contributed by atoms with Gasteiger partial charge in [-0.05, 0) is 23.3 Å². The van der Waals surface area contributed by atoms with Crippen LogP contribution in [0.25, 0.3) is 0 Å². The summed E-state index contributed by atoms with van der Waals surface area (Å²) in [7, 11) is 0. The molecule has 1 atom stereocenters. The Kier molecular flexibility index (Phi) is 4.42. The minimum Gasteiger partial charge on any atom is -0.615 e. The molecule has 1 rings (SSSR count). The Bertz CT molecular complexity index is 290. The number of rotatable bonds is 4. The SMILES string of the molecule is C[S+]([O-])CNC(=O)Cc1ccccn1. The first-order chi connectivity index (χ1) is 6.68. The van der Waals surface area contributed by atoms with Crippen LogP contribution in [-0.2, 0) is 22.4 Å². The summed E-state index contributed by atoms with van der Waals surface area (Å²) in [6.45, 7) is 0. The van der Waals surface area contributed by atoms with E-state index in [1.54, 1.807) is 24.6 Å². The fourth-order valence-corrected chi connectivity index (χ4v) is 1.28. The molecule has 0 saturated heterocycles. The van der Waals surface area contributed by atoms with Crippen LogP contribution in [-0.4, -0.2) is 27.6 Å². The molecule has 0 aliphatic heterocycles. The van der Waals surface area contributed by atoms with Crippen molar-refractivity contribution in [3.8, 4) is 0 Å². The summed E-state index contributed by atoms with van der Waals surface area (Å²) < 4.78 is 10.7. The van der Waals surface area contributed by atoms with Gasteiger partial charge in [-0.1, -0.05) is 6.07 Å². The van der Waals surface area contributed by atoms with Crippen molar-refractivity contribution >= 4 is 17.1 Å². The number of nitrogens with one attached hydrogen (secondary N) is 1. The molecule has 0 aromatic carbocycles. The van der Waals surface area contributed by atoms with E-state index in [2.05, 4.69) is 10.3 Å². The molecular weight excluding hydrogens is 200 g/mol. The number of nitrogens with zero attached hydrogens (tertiary/aromatic N) is 1. The van der Waals surface area contributed by atoms with Gasteiger partial charge in [0, 0.05) is 11.9 Å². The molecule has 0 radical (unpaired) electrons. The van der Waals surface area contributed by atoms with E-state index in [9.17, 15) is 9.35 Å². The largest absolute Gasteiger partial charge is 0.615 e. The van der Waals surface area contributed by atoms with E-state index in [0.717, 1.165) is 0 Å². The van der Waals surface area contributed by atoms with Crippen molar-refractivity contribution in [2.45, 2.75) is 6.42 Å². The Morgan fingerprint density at radius 3 is 3.00 bits per heavy atom. The van der Waals surface area contributed by atoms with Gasteiger partial charge in [-0.3, -0.25) is 9.78 Å². The molecule has 76 valence electrons. The van der Waals surface area contributed by atoms with Gasteiger partial charge in [-0.2, -0.15) is 0 Å². The summed E-state index contributed by atoms with van der Waals surface area (Å²) in [4.78, 5) is 15.2. The van der Waals surface area contributed by atoms with Gasteiger partial charge in [-0.25, -0.2) is 0 Å². The highest BCUT2D eigenvalue weighted by atomic mass is 32.2. The average Bonchev–Trinajstić information content (AvgIpc) is 2.16. The Balaban J connectivity index is 2.35. The summed E-state index contributed by atoms with van der Waals surface area (Å²) in [6, 6.07) is 5.40. The van der Waals surface area contributed by atoms with Crippen molar-refractivity contribution in [2.75, 3.05) is 12.1 Å². The molecule has 0 fully saturated rings. The first kappa shape index (κ1) is 11.0. The fraction of sp³-hybridized carbons (Fsp3) is 0.333. The lowest BCUT2D eigenvalue weighted by Crippen LogP contribution is -2.30. The highest BCUT2D eigenvalue weighted by Crippen LogP contribution is 1.94. The number of amides is 1. The molecule has 1 unspecified atom stereocenters. The quantitative estimate of drug-likeness (QED) is 0.719. The second-order valence-electron chi connectivity index (χ2n) is 2.82. The topological polar surface area (TPSA) is 65.0 Å². The summed E-state index contributed by atoms with van der Waals surface area (Å²) in [5, 5.41) is 2.55. The molecule has 0 bridgehead atoms. The van der Waals surface area contributed by atoms with E-state index in [1.807, 2.05) is 6.07 Å². The van der Waals surface area contributed by atoms with Crippen molar-refractivity contribution in [3.05, 3.63) is 30.1 Å². The number of pyridine rings is 1. The van der Waals surface area contributed by atoms with Crippen molar-refractivity contribution in [3.63, 3.8) is 0 Å². The molecule has 14 heavy (non-hydrogen) atoms. The Morgan fingerprint density at radius 1 is 1.64 bits per heavy atom. The van der Waals surface area contributed by atoms with Crippen LogP contribution in [0, 0.1) is 0 Å². The van der Waals surface area contributed by atoms with Gasteiger partial charge in [0.2, 0.25) is 5.91 Å². The van der Waals surface area contributed by atoms with Crippen LogP contribution in [0.1, 0.15) is 5.69 Å². The molecule has 0 aliphatic carbocycles. The third kappa shape index (κ3) is 4.25. The van der Waals surface area contributed by atoms with E-state index < -0.39 is 11.2 Å². The maximum Gasteiger partial charge on any atom is 0.229 e. The van der Waals surface area contributed by atoms with Gasteiger partial charge < -0.3 is 9.87 Å². The lowest BCUT2D eigenvalue weighted by atomic mass is 10.2. The molecule has 0 spiro atoms. The smallest absolute Gasteiger partial charge is 0.229 e. The van der Waals surface area contributed by atoms with Crippen LogP contribution >= 0.6 is 0 Å². The normalized spacial score (nSPS) is 12.1. The first-order valence-corrected chi connectivity index (χ1v) is 5.88. The van der Waals surface area contributed by atoms with Crippen LogP contribution in [0.2, 0.25) is 0 Å². The zero-order valence-corrected chi connectivity index (χ0v) is 8.71. The van der Waals surface area contributed by atoms with Crippen molar-refractivity contribution in [2.24, 2.45) is 0 Å². The number of carbonyl (C=O) groups is 1. The third-order valence-corrected chi connectivity index (χ3v) is 2.09. The van der Waals surface area contributed by atoms with E-state index >= 15 is 0 Å². The highest BCUT2D eigenvalue weighted by molar-refractivity contribution is 7.90. The number of hydrogen-bond donors (Lipinski definition) is 1. The van der Waals surface area contributed by atoms with Gasteiger partial charge >= 0.3 is 0 Å². The summed E-state index contributed by atoms with van der Waals surface area (Å²) in [5.41, 5.74) is 0.715. The lowest BCUT2D eigenvalue weighted by Gasteiger charge is -2.06. The van der Waals surface area contributed by atoms with Crippen LogP contribution in [0.4, 0.5) is 0 Å². The van der Waals surface area contributed by atoms with Gasteiger partial charge in [0.25, 0.3) is 0 Å². The zero-order valence-electron chi connectivity index (χ0n) is 7.90. The Hall–Kier alpha value is -1.07. The van der Waals surface area contributed by atoms with Gasteiger partial charge in [0.1, 0.15) is 0 Å². The summed E-state index contributed by atoms with van der Waals surface area (Å²) in [6.07, 6.45) is 3.42. The molecule has 0 aliphatic rings. The molecular formula is C9H12N2O2S. The van der Waals surface area contributed by atoms with Crippen LogP contribution in [0.5, 0.6) is 0 Å². The first-order valence-electron chi connectivity index (χ1n) is 4.15. The molecule has 1 heterocycles. The van der Waals surface area contributed by atoms with Gasteiger partial charge in [-0.15, -0.1) is 0 Å². The van der Waals surface area contributed by atoms with Crippen LogP contribution < -0.4 is 5.32 Å². The monoisotopic (exact) mass is 212 g/mol. The number of hydrogen-bond acceptors (Lipinski definition) is 3. The molecule has 4 nitrogen and oxygen atoms in total. The molecule has 0 saturated carbocycles. The standard InChI is InChI=1S/C9H12N2O2S/c1-14(13)7-11-9(12)6-8-4-2-3-5-10-8/h2-5H,6-7H2,1H3,(H,11,12). The second kappa shape index (κ2) is 5.62. The highest BCUT2D eigenvalue weighted by Gasteiger charge is 2.05. The fourth-order valence-electron chi connectivity index (χ4n) is 0.912. The maximum atomic E-state index is 11.2. The van der Waals surface area contributed by atoms with Gasteiger partial charge in [0.05, 0.1) is 12.7 Å². The Morgan fingerprint density at radius 2 is 2.43 bits per heavy atom. The van der Waals surface area contributed by atoms with Crippen LogP contribution in [0.15, 0.2) is 24.4 Å². The minimum absolute atomic E-state index is 0.154. The van der Waals surface area contributed by atoms with Crippen molar-refractivity contribution < 1.29 is 9.35 Å². The van der Waals surface area contributed by atoms with E-state index in [0.29, 0.717) is 5.69 Å². The predicted molar refractivity (Wildman–Crippen MR) is 55.0 cm³/mol. The van der Waals surface area contributed by atoms with Crippen molar-refractivity contribution in [1.82, 2.24) is 10.3 Å². The lowest BCUT2D eigenvalue weighted by molar-refractivity contribution is -0.120. The number of carbonyl (C=O) groups excluding carboxylic acids is 1. The van der Waals surface area contributed by atoms with Crippen LogP contribution in [0.3, 0.4) is 0 Å². The maximum absolute atomic E-state index is 11.2. The van der Waals surface area contributed by atoms with Crippen molar-refractivity contribution in [1.29, 1.82) is 0 Å². The van der Waals surface area contributed by atoms with E-state index in [-0.39, 0.29) is 18.2 Å². The Labute approximate surface area is 85.9 Å². The average molecular weight is 212 g/mol. The molecule has 5 heteroatoms. The summed E-state index contributed by atoms with van der Waals surface area (Å²) >= 11 is -0.996. The van der Waals surface area contributed by atoms with Gasteiger partial charge in [0.15, 0.2) is 5.88 Å².